The SMILES string of the molecule is CCc1c(C)nn(-c2cc(Cl)ncn2)c1C. The van der Waals surface area contributed by atoms with Crippen LogP contribution < -0.4 is 0 Å². The van der Waals surface area contributed by atoms with Crippen molar-refractivity contribution in [2.45, 2.75) is 27.2 Å². The Hall–Kier alpha value is -1.42. The first-order chi connectivity index (χ1) is 7.63. The Bertz CT molecular complexity index is 519. The molecule has 0 unspecified atom stereocenters. The van der Waals surface area contributed by atoms with Crippen LogP contribution in [-0.2, 0) is 6.42 Å². The highest BCUT2D eigenvalue weighted by molar-refractivity contribution is 6.29. The molecule has 2 aromatic heterocycles. The number of nitrogens with zero attached hydrogens (tertiary/aromatic N) is 4. The third-order valence-electron chi connectivity index (χ3n) is 2.63. The maximum absolute atomic E-state index is 5.84. The zero-order valence-electron chi connectivity index (χ0n) is 9.53. The van der Waals surface area contributed by atoms with E-state index in [-0.39, 0.29) is 0 Å². The second kappa shape index (κ2) is 4.22. The highest BCUT2D eigenvalue weighted by Gasteiger charge is 2.11. The van der Waals surface area contributed by atoms with Crippen molar-refractivity contribution in [2.75, 3.05) is 0 Å². The van der Waals surface area contributed by atoms with E-state index in [1.807, 2.05) is 18.5 Å². The average Bonchev–Trinajstić information content (AvgIpc) is 2.54. The van der Waals surface area contributed by atoms with Crippen LogP contribution in [-0.4, -0.2) is 19.7 Å². The van der Waals surface area contributed by atoms with Gasteiger partial charge in [-0.2, -0.15) is 5.10 Å². The third kappa shape index (κ3) is 1.80. The van der Waals surface area contributed by atoms with E-state index in [2.05, 4.69) is 22.0 Å². The topological polar surface area (TPSA) is 43.6 Å². The predicted octanol–water partition coefficient (Wildman–Crippen LogP) is 2.49. The quantitative estimate of drug-likeness (QED) is 0.753. The standard InChI is InChI=1S/C11H13ClN4/c1-4-9-7(2)15-16(8(9)3)11-5-10(12)13-6-14-11/h5-6H,4H2,1-3H3. The summed E-state index contributed by atoms with van der Waals surface area (Å²) < 4.78 is 1.81. The molecule has 2 aromatic rings. The number of rotatable bonds is 2. The van der Waals surface area contributed by atoms with Crippen LogP contribution in [0.1, 0.15) is 23.9 Å². The van der Waals surface area contributed by atoms with Crippen LogP contribution in [0.3, 0.4) is 0 Å². The van der Waals surface area contributed by atoms with Crippen LogP contribution in [0.2, 0.25) is 5.15 Å². The second-order valence-corrected chi connectivity index (χ2v) is 4.00. The van der Waals surface area contributed by atoms with Crippen LogP contribution in [0.25, 0.3) is 5.82 Å². The molecule has 0 aliphatic rings. The molecule has 0 radical (unpaired) electrons. The van der Waals surface area contributed by atoms with Crippen LogP contribution in [0.5, 0.6) is 0 Å². The lowest BCUT2D eigenvalue weighted by atomic mass is 10.1. The molecule has 0 aromatic carbocycles. The van der Waals surface area contributed by atoms with Gasteiger partial charge in [0.1, 0.15) is 11.5 Å². The minimum Gasteiger partial charge on any atom is -0.224 e. The van der Waals surface area contributed by atoms with E-state index >= 15 is 0 Å². The van der Waals surface area contributed by atoms with Crippen molar-refractivity contribution in [1.29, 1.82) is 0 Å². The highest BCUT2D eigenvalue weighted by Crippen LogP contribution is 2.17. The molecular formula is C11H13ClN4. The Balaban J connectivity index is 2.56. The minimum atomic E-state index is 0.426. The van der Waals surface area contributed by atoms with E-state index in [0.29, 0.717) is 11.0 Å². The van der Waals surface area contributed by atoms with Crippen molar-refractivity contribution < 1.29 is 0 Å². The fourth-order valence-corrected chi connectivity index (χ4v) is 1.99. The van der Waals surface area contributed by atoms with E-state index in [1.165, 1.54) is 11.9 Å². The maximum Gasteiger partial charge on any atom is 0.158 e. The minimum absolute atomic E-state index is 0.426. The molecule has 0 amide bonds. The lowest BCUT2D eigenvalue weighted by Crippen LogP contribution is -2.02. The number of hydrogen-bond acceptors (Lipinski definition) is 3. The molecule has 0 bridgehead atoms. The highest BCUT2D eigenvalue weighted by atomic mass is 35.5. The molecule has 2 rings (SSSR count). The van der Waals surface area contributed by atoms with E-state index in [0.717, 1.165) is 17.8 Å². The lowest BCUT2D eigenvalue weighted by molar-refractivity contribution is 0.800. The summed E-state index contributed by atoms with van der Waals surface area (Å²) in [6.45, 7) is 6.16. The maximum atomic E-state index is 5.84. The van der Waals surface area contributed by atoms with Crippen molar-refractivity contribution in [1.82, 2.24) is 19.7 Å². The zero-order chi connectivity index (χ0) is 11.7. The average molecular weight is 237 g/mol. The van der Waals surface area contributed by atoms with Crippen LogP contribution in [0.15, 0.2) is 12.4 Å². The van der Waals surface area contributed by atoms with Gasteiger partial charge in [0.2, 0.25) is 0 Å². The number of hydrogen-bond donors (Lipinski definition) is 0. The first-order valence-corrected chi connectivity index (χ1v) is 5.54. The molecule has 0 saturated carbocycles. The smallest absolute Gasteiger partial charge is 0.158 e. The van der Waals surface area contributed by atoms with Crippen LogP contribution >= 0.6 is 11.6 Å². The summed E-state index contributed by atoms with van der Waals surface area (Å²) in [5.74, 6) is 0.709. The predicted molar refractivity (Wildman–Crippen MR) is 63.0 cm³/mol. The molecule has 4 nitrogen and oxygen atoms in total. The molecule has 0 fully saturated rings. The molecule has 0 aliphatic carbocycles. The van der Waals surface area contributed by atoms with Crippen molar-refractivity contribution in [3.8, 4) is 5.82 Å². The Morgan fingerprint density at radius 2 is 2.06 bits per heavy atom. The van der Waals surface area contributed by atoms with Crippen LogP contribution in [0, 0.1) is 13.8 Å². The Kier molecular flexibility index (Phi) is 2.92. The van der Waals surface area contributed by atoms with E-state index in [1.54, 1.807) is 6.07 Å². The van der Waals surface area contributed by atoms with Gasteiger partial charge in [0.15, 0.2) is 5.82 Å². The first-order valence-electron chi connectivity index (χ1n) is 5.16. The second-order valence-electron chi connectivity index (χ2n) is 3.61. The Morgan fingerprint density at radius 3 is 2.62 bits per heavy atom. The first kappa shape index (κ1) is 11.1. The molecule has 16 heavy (non-hydrogen) atoms. The molecule has 0 aliphatic heterocycles. The van der Waals surface area contributed by atoms with Gasteiger partial charge in [0.25, 0.3) is 0 Å². The monoisotopic (exact) mass is 236 g/mol. The Labute approximate surface area is 99.3 Å². The zero-order valence-corrected chi connectivity index (χ0v) is 10.3. The van der Waals surface area contributed by atoms with Gasteiger partial charge >= 0.3 is 0 Å². The summed E-state index contributed by atoms with van der Waals surface area (Å²) in [5.41, 5.74) is 3.40. The van der Waals surface area contributed by atoms with Crippen molar-refractivity contribution >= 4 is 11.6 Å². The molecule has 0 spiro atoms. The van der Waals surface area contributed by atoms with E-state index in [9.17, 15) is 0 Å². The Morgan fingerprint density at radius 1 is 1.31 bits per heavy atom. The normalized spacial score (nSPS) is 10.8. The van der Waals surface area contributed by atoms with Gasteiger partial charge in [-0.25, -0.2) is 14.6 Å². The number of aromatic nitrogens is 4. The lowest BCUT2D eigenvalue weighted by Gasteiger charge is -2.03. The van der Waals surface area contributed by atoms with Gasteiger partial charge in [-0.3, -0.25) is 0 Å². The summed E-state index contributed by atoms with van der Waals surface area (Å²) in [4.78, 5) is 8.02. The molecular weight excluding hydrogens is 224 g/mol. The molecule has 0 N–H and O–H groups in total. The summed E-state index contributed by atoms with van der Waals surface area (Å²) in [5, 5.41) is 4.89. The van der Waals surface area contributed by atoms with Gasteiger partial charge in [0, 0.05) is 11.8 Å². The van der Waals surface area contributed by atoms with Gasteiger partial charge in [0.05, 0.1) is 5.69 Å². The fraction of sp³-hybridized carbons (Fsp3) is 0.364. The number of halogens is 1. The van der Waals surface area contributed by atoms with Gasteiger partial charge < -0.3 is 0 Å². The van der Waals surface area contributed by atoms with Crippen molar-refractivity contribution in [3.63, 3.8) is 0 Å². The molecule has 5 heteroatoms. The largest absolute Gasteiger partial charge is 0.224 e. The molecule has 0 atom stereocenters. The van der Waals surface area contributed by atoms with Crippen molar-refractivity contribution in [2.24, 2.45) is 0 Å². The van der Waals surface area contributed by atoms with Crippen molar-refractivity contribution in [3.05, 3.63) is 34.5 Å². The van der Waals surface area contributed by atoms with E-state index in [4.69, 9.17) is 11.6 Å². The summed E-state index contributed by atoms with van der Waals surface area (Å²) in [6.07, 6.45) is 2.41. The molecule has 0 saturated heterocycles. The van der Waals surface area contributed by atoms with Gasteiger partial charge in [-0.1, -0.05) is 18.5 Å². The summed E-state index contributed by atoms with van der Waals surface area (Å²) in [7, 11) is 0. The van der Waals surface area contributed by atoms with Crippen LogP contribution in [0.4, 0.5) is 0 Å². The third-order valence-corrected chi connectivity index (χ3v) is 2.84. The molecule has 84 valence electrons. The van der Waals surface area contributed by atoms with Gasteiger partial charge in [-0.05, 0) is 25.8 Å². The van der Waals surface area contributed by atoms with Gasteiger partial charge in [-0.15, -0.1) is 0 Å². The fourth-order valence-electron chi connectivity index (χ4n) is 1.85. The summed E-state index contributed by atoms with van der Waals surface area (Å²) >= 11 is 5.84. The molecule has 2 heterocycles. The van der Waals surface area contributed by atoms with E-state index < -0.39 is 0 Å². The number of aryl methyl sites for hydroxylation is 1. The summed E-state index contributed by atoms with van der Waals surface area (Å²) in [6, 6.07) is 1.71.